The number of halogens is 1. The van der Waals surface area contributed by atoms with Gasteiger partial charge in [0, 0.05) is 18.8 Å². The monoisotopic (exact) mass is 277 g/mol. The normalized spacial score (nSPS) is 18.9. The quantitative estimate of drug-likeness (QED) is 0.816. The van der Waals surface area contributed by atoms with Crippen molar-refractivity contribution in [2.45, 2.75) is 6.10 Å². The molecule has 0 saturated carbocycles. The van der Waals surface area contributed by atoms with Gasteiger partial charge >= 0.3 is 0 Å². The van der Waals surface area contributed by atoms with Gasteiger partial charge in [-0.2, -0.15) is 0 Å². The van der Waals surface area contributed by atoms with Crippen LogP contribution in [0.4, 0.5) is 10.1 Å². The summed E-state index contributed by atoms with van der Waals surface area (Å²) in [6.07, 6.45) is 4.08. The number of nitrogen functional groups attached to an aromatic ring is 1. The van der Waals surface area contributed by atoms with Crippen LogP contribution in [-0.2, 0) is 9.53 Å². The molecule has 1 unspecified atom stereocenters. The SMILES string of the molecule is Nc1cnc(-n2cnc(C3CNC(=O)CO3)c2)c(F)c1. The molecular formula is C12H12FN5O2. The van der Waals surface area contributed by atoms with Crippen molar-refractivity contribution in [1.82, 2.24) is 19.9 Å². The van der Waals surface area contributed by atoms with E-state index in [4.69, 9.17) is 10.5 Å². The summed E-state index contributed by atoms with van der Waals surface area (Å²) >= 11 is 0. The summed E-state index contributed by atoms with van der Waals surface area (Å²) in [7, 11) is 0. The molecule has 1 fully saturated rings. The number of hydrogen-bond acceptors (Lipinski definition) is 5. The summed E-state index contributed by atoms with van der Waals surface area (Å²) in [5.41, 5.74) is 6.31. The number of amides is 1. The first-order valence-corrected chi connectivity index (χ1v) is 5.97. The minimum atomic E-state index is -0.535. The van der Waals surface area contributed by atoms with Gasteiger partial charge in [-0.1, -0.05) is 0 Å². The van der Waals surface area contributed by atoms with Gasteiger partial charge in [0.2, 0.25) is 5.91 Å². The smallest absolute Gasteiger partial charge is 0.246 e. The molecule has 0 radical (unpaired) electrons. The molecule has 1 amide bonds. The van der Waals surface area contributed by atoms with Crippen molar-refractivity contribution < 1.29 is 13.9 Å². The Balaban J connectivity index is 1.84. The number of aromatic nitrogens is 3. The second-order valence-corrected chi connectivity index (χ2v) is 4.38. The number of carbonyl (C=O) groups is 1. The summed E-state index contributed by atoms with van der Waals surface area (Å²) < 4.78 is 20.6. The number of anilines is 1. The van der Waals surface area contributed by atoms with E-state index in [1.807, 2.05) is 0 Å². The van der Waals surface area contributed by atoms with Crippen LogP contribution in [0, 0.1) is 5.82 Å². The molecule has 2 aromatic heterocycles. The third-order valence-electron chi connectivity index (χ3n) is 2.92. The average Bonchev–Trinajstić information content (AvgIpc) is 2.89. The van der Waals surface area contributed by atoms with Crippen LogP contribution in [0.3, 0.4) is 0 Å². The molecule has 0 bridgehead atoms. The zero-order valence-corrected chi connectivity index (χ0v) is 10.4. The number of hydrogen-bond donors (Lipinski definition) is 2. The van der Waals surface area contributed by atoms with E-state index in [0.717, 1.165) is 0 Å². The lowest BCUT2D eigenvalue weighted by atomic mass is 10.2. The van der Waals surface area contributed by atoms with Gasteiger partial charge in [0.25, 0.3) is 0 Å². The Morgan fingerprint density at radius 2 is 2.35 bits per heavy atom. The third-order valence-corrected chi connectivity index (χ3v) is 2.92. The Morgan fingerprint density at radius 3 is 3.05 bits per heavy atom. The molecule has 0 aromatic carbocycles. The highest BCUT2D eigenvalue weighted by atomic mass is 19.1. The van der Waals surface area contributed by atoms with E-state index in [1.54, 1.807) is 6.20 Å². The second-order valence-electron chi connectivity index (χ2n) is 4.38. The van der Waals surface area contributed by atoms with Crippen molar-refractivity contribution in [2.75, 3.05) is 18.9 Å². The molecule has 0 spiro atoms. The number of rotatable bonds is 2. The van der Waals surface area contributed by atoms with E-state index in [9.17, 15) is 9.18 Å². The number of nitrogens with one attached hydrogen (secondary N) is 1. The molecule has 1 aliphatic heterocycles. The fraction of sp³-hybridized carbons (Fsp3) is 0.250. The predicted octanol–water partition coefficient (Wildman–Crippen LogP) is 0.176. The van der Waals surface area contributed by atoms with Crippen LogP contribution in [0.2, 0.25) is 0 Å². The molecule has 8 heteroatoms. The first-order chi connectivity index (χ1) is 9.63. The highest BCUT2D eigenvalue weighted by Gasteiger charge is 2.22. The van der Waals surface area contributed by atoms with Crippen molar-refractivity contribution in [1.29, 1.82) is 0 Å². The van der Waals surface area contributed by atoms with Crippen LogP contribution >= 0.6 is 0 Å². The van der Waals surface area contributed by atoms with Crippen molar-refractivity contribution in [3.63, 3.8) is 0 Å². The fourth-order valence-corrected chi connectivity index (χ4v) is 1.94. The van der Waals surface area contributed by atoms with Crippen molar-refractivity contribution >= 4 is 11.6 Å². The maximum absolute atomic E-state index is 13.8. The van der Waals surface area contributed by atoms with Crippen LogP contribution in [0.1, 0.15) is 11.8 Å². The molecule has 0 aliphatic carbocycles. The maximum Gasteiger partial charge on any atom is 0.246 e. The van der Waals surface area contributed by atoms with Gasteiger partial charge in [-0.25, -0.2) is 14.4 Å². The van der Waals surface area contributed by atoms with Crippen LogP contribution in [0.5, 0.6) is 0 Å². The zero-order chi connectivity index (χ0) is 14.1. The van der Waals surface area contributed by atoms with Crippen molar-refractivity contribution in [3.05, 3.63) is 36.3 Å². The fourth-order valence-electron chi connectivity index (χ4n) is 1.94. The molecule has 1 atom stereocenters. The molecule has 1 aliphatic rings. The standard InChI is InChI=1S/C12H12FN5O2/c13-8-1-7(14)2-16-12(8)18-4-9(17-6-18)10-3-15-11(19)5-20-10/h1-2,4,6,10H,3,5,14H2,(H,15,19). The van der Waals surface area contributed by atoms with E-state index >= 15 is 0 Å². The van der Waals surface area contributed by atoms with Crippen LogP contribution < -0.4 is 11.1 Å². The van der Waals surface area contributed by atoms with E-state index in [0.29, 0.717) is 12.2 Å². The van der Waals surface area contributed by atoms with Gasteiger partial charge in [-0.15, -0.1) is 0 Å². The zero-order valence-electron chi connectivity index (χ0n) is 10.4. The van der Waals surface area contributed by atoms with Crippen molar-refractivity contribution in [3.8, 4) is 5.82 Å². The number of morpholine rings is 1. The van der Waals surface area contributed by atoms with Gasteiger partial charge in [-0.05, 0) is 0 Å². The Bertz CT molecular complexity index is 647. The Morgan fingerprint density at radius 1 is 1.50 bits per heavy atom. The molecule has 3 heterocycles. The van der Waals surface area contributed by atoms with E-state index in [2.05, 4.69) is 15.3 Å². The Labute approximate surface area is 113 Å². The molecule has 3 rings (SSSR count). The molecular weight excluding hydrogens is 265 g/mol. The summed E-state index contributed by atoms with van der Waals surface area (Å²) in [5.74, 6) is -0.587. The van der Waals surface area contributed by atoms with E-state index < -0.39 is 5.82 Å². The topological polar surface area (TPSA) is 95.1 Å². The number of ether oxygens (including phenoxy) is 1. The number of pyridine rings is 1. The van der Waals surface area contributed by atoms with Gasteiger partial charge in [-0.3, -0.25) is 9.36 Å². The van der Waals surface area contributed by atoms with Crippen LogP contribution in [-0.4, -0.2) is 33.6 Å². The minimum Gasteiger partial charge on any atom is -0.397 e. The van der Waals surface area contributed by atoms with Gasteiger partial charge in [0.1, 0.15) is 19.0 Å². The molecule has 3 N–H and O–H groups in total. The Hall–Kier alpha value is -2.48. The third kappa shape index (κ3) is 2.32. The highest BCUT2D eigenvalue weighted by Crippen LogP contribution is 2.19. The summed E-state index contributed by atoms with van der Waals surface area (Å²) in [6.45, 7) is 0.333. The van der Waals surface area contributed by atoms with Crippen LogP contribution in [0.15, 0.2) is 24.8 Å². The molecule has 1 saturated heterocycles. The number of carbonyl (C=O) groups excluding carboxylic acids is 1. The van der Waals surface area contributed by atoms with Crippen molar-refractivity contribution in [2.24, 2.45) is 0 Å². The molecule has 20 heavy (non-hydrogen) atoms. The number of imidazole rings is 1. The summed E-state index contributed by atoms with van der Waals surface area (Å²) in [4.78, 5) is 19.1. The molecule has 104 valence electrons. The lowest BCUT2D eigenvalue weighted by Crippen LogP contribution is -2.38. The Kier molecular flexibility index (Phi) is 3.07. The van der Waals surface area contributed by atoms with Crippen LogP contribution in [0.25, 0.3) is 5.82 Å². The first kappa shape index (κ1) is 12.5. The van der Waals surface area contributed by atoms with E-state index in [-0.39, 0.29) is 30.1 Å². The molecule has 7 nitrogen and oxygen atoms in total. The van der Waals surface area contributed by atoms with Gasteiger partial charge in [0.15, 0.2) is 11.6 Å². The minimum absolute atomic E-state index is 0.00793. The summed E-state index contributed by atoms with van der Waals surface area (Å²) in [6, 6.07) is 1.19. The lowest BCUT2D eigenvalue weighted by Gasteiger charge is -2.21. The van der Waals surface area contributed by atoms with Gasteiger partial charge in [0.05, 0.1) is 17.6 Å². The largest absolute Gasteiger partial charge is 0.397 e. The second kappa shape index (κ2) is 4.89. The average molecular weight is 277 g/mol. The number of nitrogens with two attached hydrogens (primary N) is 1. The highest BCUT2D eigenvalue weighted by molar-refractivity contribution is 5.77. The van der Waals surface area contributed by atoms with E-state index in [1.165, 1.54) is 23.2 Å². The lowest BCUT2D eigenvalue weighted by molar-refractivity contribution is -0.133. The van der Waals surface area contributed by atoms with Gasteiger partial charge < -0.3 is 15.8 Å². The molecule has 2 aromatic rings. The summed E-state index contributed by atoms with van der Waals surface area (Å²) in [5, 5.41) is 2.68. The predicted molar refractivity (Wildman–Crippen MR) is 67.4 cm³/mol. The number of nitrogens with zero attached hydrogens (tertiary/aromatic N) is 3. The maximum atomic E-state index is 13.8. The first-order valence-electron chi connectivity index (χ1n) is 5.97.